The Morgan fingerprint density at radius 3 is 2.05 bits per heavy atom. The molecule has 110 valence electrons. The minimum Gasteiger partial charge on any atom is -0.378 e. The van der Waals surface area contributed by atoms with E-state index in [9.17, 15) is 9.59 Å². The molecule has 0 saturated heterocycles. The van der Waals surface area contributed by atoms with Gasteiger partial charge in [0.05, 0.1) is 0 Å². The van der Waals surface area contributed by atoms with Crippen LogP contribution in [0, 0.1) is 0 Å². The molecule has 20 heavy (non-hydrogen) atoms. The summed E-state index contributed by atoms with van der Waals surface area (Å²) in [6, 6.07) is 8.12. The van der Waals surface area contributed by atoms with Crippen LogP contribution in [-0.4, -0.2) is 39.0 Å². The lowest BCUT2D eigenvalue weighted by Crippen LogP contribution is -2.40. The molecule has 5 heteroatoms. The third kappa shape index (κ3) is 5.30. The van der Waals surface area contributed by atoms with Crippen molar-refractivity contribution in [3.63, 3.8) is 0 Å². The highest BCUT2D eigenvalue weighted by atomic mass is 16.2. The molecule has 0 unspecified atom stereocenters. The van der Waals surface area contributed by atoms with Crippen molar-refractivity contribution in [2.45, 2.75) is 19.8 Å². The molecule has 0 radical (unpaired) electrons. The zero-order valence-electron chi connectivity index (χ0n) is 12.4. The van der Waals surface area contributed by atoms with E-state index in [4.69, 9.17) is 0 Å². The molecule has 0 saturated carbocycles. The number of hydrogen-bond donors (Lipinski definition) is 2. The van der Waals surface area contributed by atoms with Gasteiger partial charge < -0.3 is 15.5 Å². The van der Waals surface area contributed by atoms with Gasteiger partial charge in [-0.1, -0.05) is 19.1 Å². The van der Waals surface area contributed by atoms with Crippen LogP contribution in [0.15, 0.2) is 24.3 Å². The van der Waals surface area contributed by atoms with Gasteiger partial charge in [-0.3, -0.25) is 9.59 Å². The van der Waals surface area contributed by atoms with Crippen LogP contribution < -0.4 is 15.5 Å². The molecule has 0 spiro atoms. The van der Waals surface area contributed by atoms with Crippen molar-refractivity contribution in [3.05, 3.63) is 29.8 Å². The van der Waals surface area contributed by atoms with Crippen LogP contribution in [0.3, 0.4) is 0 Å². The zero-order chi connectivity index (χ0) is 15.0. The fourth-order valence-corrected chi connectivity index (χ4v) is 1.68. The van der Waals surface area contributed by atoms with Gasteiger partial charge in [0.2, 0.25) is 0 Å². The Kier molecular flexibility index (Phi) is 6.56. The van der Waals surface area contributed by atoms with Gasteiger partial charge in [-0.15, -0.1) is 0 Å². The summed E-state index contributed by atoms with van der Waals surface area (Å²) in [6.45, 7) is 2.92. The fourth-order valence-electron chi connectivity index (χ4n) is 1.68. The minimum absolute atomic E-state index is 0.458. The summed E-state index contributed by atoms with van der Waals surface area (Å²) in [5, 5.41) is 5.16. The molecule has 0 aliphatic heterocycles. The predicted molar refractivity (Wildman–Crippen MR) is 80.8 cm³/mol. The maximum Gasteiger partial charge on any atom is 0.309 e. The molecule has 1 rings (SSSR count). The lowest BCUT2D eigenvalue weighted by Gasteiger charge is -2.12. The van der Waals surface area contributed by atoms with Gasteiger partial charge in [0, 0.05) is 32.9 Å². The second kappa shape index (κ2) is 8.19. The number of benzene rings is 1. The van der Waals surface area contributed by atoms with E-state index in [-0.39, 0.29) is 0 Å². The van der Waals surface area contributed by atoms with Gasteiger partial charge in [0.25, 0.3) is 0 Å². The Bertz CT molecular complexity index is 441. The van der Waals surface area contributed by atoms with Crippen molar-refractivity contribution in [1.29, 1.82) is 0 Å². The van der Waals surface area contributed by atoms with Crippen LogP contribution in [0.25, 0.3) is 0 Å². The summed E-state index contributed by atoms with van der Waals surface area (Å²) in [6.07, 6.45) is 1.53. The Labute approximate surface area is 120 Å². The van der Waals surface area contributed by atoms with Crippen molar-refractivity contribution in [2.75, 3.05) is 32.1 Å². The summed E-state index contributed by atoms with van der Waals surface area (Å²) >= 11 is 0. The van der Waals surface area contributed by atoms with Crippen LogP contribution in [0.2, 0.25) is 0 Å². The van der Waals surface area contributed by atoms with Crippen molar-refractivity contribution < 1.29 is 9.59 Å². The first-order valence-electron chi connectivity index (χ1n) is 6.87. The number of amides is 2. The third-order valence-corrected chi connectivity index (χ3v) is 2.89. The first-order chi connectivity index (χ1) is 9.54. The van der Waals surface area contributed by atoms with Crippen LogP contribution in [-0.2, 0) is 16.0 Å². The Hall–Kier alpha value is -2.04. The maximum atomic E-state index is 11.5. The number of hydrogen-bond acceptors (Lipinski definition) is 3. The standard InChI is InChI=1S/C15H23N3O2/c1-4-10-16-14(19)15(20)17-11-9-12-5-7-13(8-6-12)18(2)3/h5-8H,4,9-11H2,1-3H3,(H,16,19)(H,17,20). The van der Waals surface area contributed by atoms with Crippen molar-refractivity contribution in [1.82, 2.24) is 10.6 Å². The molecule has 0 aliphatic carbocycles. The summed E-state index contributed by atoms with van der Waals surface area (Å²) in [5.41, 5.74) is 2.27. The van der Waals surface area contributed by atoms with Gasteiger partial charge >= 0.3 is 11.8 Å². The SMILES string of the molecule is CCCNC(=O)C(=O)NCCc1ccc(N(C)C)cc1. The molecule has 2 amide bonds. The average molecular weight is 277 g/mol. The Balaban J connectivity index is 2.33. The lowest BCUT2D eigenvalue weighted by atomic mass is 10.1. The molecule has 0 aromatic heterocycles. The van der Waals surface area contributed by atoms with E-state index in [0.29, 0.717) is 19.5 Å². The van der Waals surface area contributed by atoms with Gasteiger partial charge in [-0.05, 0) is 30.5 Å². The fraction of sp³-hybridized carbons (Fsp3) is 0.467. The van der Waals surface area contributed by atoms with Crippen LogP contribution in [0.1, 0.15) is 18.9 Å². The van der Waals surface area contributed by atoms with E-state index >= 15 is 0 Å². The first kappa shape index (κ1) is 16.0. The van der Waals surface area contributed by atoms with Crippen molar-refractivity contribution in [3.8, 4) is 0 Å². The van der Waals surface area contributed by atoms with Crippen LogP contribution >= 0.6 is 0 Å². The molecule has 1 aromatic carbocycles. The summed E-state index contributed by atoms with van der Waals surface area (Å²) in [5.74, 6) is -1.13. The number of rotatable bonds is 6. The topological polar surface area (TPSA) is 61.4 Å². The largest absolute Gasteiger partial charge is 0.378 e. The molecule has 0 atom stereocenters. The number of carbonyl (C=O) groups excluding carboxylic acids is 2. The quantitative estimate of drug-likeness (QED) is 0.761. The number of nitrogens with zero attached hydrogens (tertiary/aromatic N) is 1. The Morgan fingerprint density at radius 1 is 1.00 bits per heavy atom. The monoisotopic (exact) mass is 277 g/mol. The molecule has 5 nitrogen and oxygen atoms in total. The second-order valence-electron chi connectivity index (χ2n) is 4.82. The molecule has 0 heterocycles. The van der Waals surface area contributed by atoms with Crippen molar-refractivity contribution in [2.24, 2.45) is 0 Å². The molecule has 1 aromatic rings. The van der Waals surface area contributed by atoms with E-state index in [1.807, 2.05) is 50.2 Å². The molecule has 0 aliphatic rings. The van der Waals surface area contributed by atoms with Gasteiger partial charge in [0.15, 0.2) is 0 Å². The third-order valence-electron chi connectivity index (χ3n) is 2.89. The van der Waals surface area contributed by atoms with E-state index in [2.05, 4.69) is 10.6 Å². The van der Waals surface area contributed by atoms with E-state index in [1.54, 1.807) is 0 Å². The number of carbonyl (C=O) groups is 2. The normalized spacial score (nSPS) is 9.95. The molecular formula is C15H23N3O2. The predicted octanol–water partition coefficient (Wildman–Crippen LogP) is 0.938. The molecule has 0 bridgehead atoms. The van der Waals surface area contributed by atoms with E-state index in [1.165, 1.54) is 0 Å². The maximum absolute atomic E-state index is 11.5. The van der Waals surface area contributed by atoms with Crippen LogP contribution in [0.4, 0.5) is 5.69 Å². The van der Waals surface area contributed by atoms with E-state index < -0.39 is 11.8 Å². The molecular weight excluding hydrogens is 254 g/mol. The highest BCUT2D eigenvalue weighted by molar-refractivity contribution is 6.35. The second-order valence-corrected chi connectivity index (χ2v) is 4.82. The van der Waals surface area contributed by atoms with Crippen LogP contribution in [0.5, 0.6) is 0 Å². The summed E-state index contributed by atoms with van der Waals surface area (Å²) in [7, 11) is 3.98. The highest BCUT2D eigenvalue weighted by Crippen LogP contribution is 2.12. The van der Waals surface area contributed by atoms with Crippen molar-refractivity contribution >= 4 is 17.5 Å². The lowest BCUT2D eigenvalue weighted by molar-refractivity contribution is -0.139. The Morgan fingerprint density at radius 2 is 1.55 bits per heavy atom. The highest BCUT2D eigenvalue weighted by Gasteiger charge is 2.11. The van der Waals surface area contributed by atoms with E-state index in [0.717, 1.165) is 17.7 Å². The molecule has 0 fully saturated rings. The molecule has 2 N–H and O–H groups in total. The minimum atomic E-state index is -0.566. The van der Waals surface area contributed by atoms with Gasteiger partial charge in [-0.25, -0.2) is 0 Å². The summed E-state index contributed by atoms with van der Waals surface area (Å²) < 4.78 is 0. The average Bonchev–Trinajstić information content (AvgIpc) is 2.45. The first-order valence-corrected chi connectivity index (χ1v) is 6.87. The zero-order valence-corrected chi connectivity index (χ0v) is 12.4. The smallest absolute Gasteiger partial charge is 0.309 e. The summed E-state index contributed by atoms with van der Waals surface area (Å²) in [4.78, 5) is 24.8. The number of nitrogens with one attached hydrogen (secondary N) is 2. The number of anilines is 1. The van der Waals surface area contributed by atoms with Gasteiger partial charge in [-0.2, -0.15) is 0 Å². The van der Waals surface area contributed by atoms with Gasteiger partial charge in [0.1, 0.15) is 0 Å².